The maximum atomic E-state index is 11.1. The van der Waals surface area contributed by atoms with Crippen molar-refractivity contribution in [3.05, 3.63) is 24.2 Å². The zero-order valence-corrected chi connectivity index (χ0v) is 9.12. The summed E-state index contributed by atoms with van der Waals surface area (Å²) in [6.45, 7) is 2.02. The van der Waals surface area contributed by atoms with Gasteiger partial charge in [0.25, 0.3) is 0 Å². The van der Waals surface area contributed by atoms with Crippen molar-refractivity contribution in [2.24, 2.45) is 0 Å². The van der Waals surface area contributed by atoms with Crippen LogP contribution in [0.5, 0.6) is 0 Å². The molecule has 0 fully saturated rings. The van der Waals surface area contributed by atoms with Gasteiger partial charge in [0.2, 0.25) is 0 Å². The fourth-order valence-corrected chi connectivity index (χ4v) is 1.04. The van der Waals surface area contributed by atoms with E-state index in [0.29, 0.717) is 13.1 Å². The summed E-state index contributed by atoms with van der Waals surface area (Å²) in [4.78, 5) is 12.6. The third-order valence-corrected chi connectivity index (χ3v) is 1.86. The summed E-state index contributed by atoms with van der Waals surface area (Å²) in [5, 5.41) is 5.91. The number of nitrogens with zero attached hydrogens (tertiary/aromatic N) is 1. The molecule has 1 heterocycles. The summed E-state index contributed by atoms with van der Waals surface area (Å²) in [7, 11) is 3.43. The van der Waals surface area contributed by atoms with Gasteiger partial charge in [0.15, 0.2) is 0 Å². The lowest BCUT2D eigenvalue weighted by molar-refractivity contribution is 0.217. The Bertz CT molecular complexity index is 283. The van der Waals surface area contributed by atoms with Crippen molar-refractivity contribution in [3.8, 4) is 0 Å². The maximum absolute atomic E-state index is 11.1. The van der Waals surface area contributed by atoms with Crippen molar-refractivity contribution in [1.29, 1.82) is 0 Å². The van der Waals surface area contributed by atoms with Crippen molar-refractivity contribution in [2.75, 3.05) is 27.2 Å². The van der Waals surface area contributed by atoms with Crippen molar-refractivity contribution in [1.82, 2.24) is 15.5 Å². The molecule has 0 atom stereocenters. The Balaban J connectivity index is 2.00. The highest BCUT2D eigenvalue weighted by molar-refractivity contribution is 5.73. The second-order valence-corrected chi connectivity index (χ2v) is 3.38. The molecule has 0 bridgehead atoms. The summed E-state index contributed by atoms with van der Waals surface area (Å²) < 4.78 is 5.14. The first kappa shape index (κ1) is 11.6. The lowest BCUT2D eigenvalue weighted by Gasteiger charge is -2.11. The molecule has 0 spiro atoms. The molecular weight excluding hydrogens is 194 g/mol. The molecular formula is C10H17N3O2. The Kier molecular flexibility index (Phi) is 4.70. The molecule has 15 heavy (non-hydrogen) atoms. The standard InChI is InChI=1S/C10H17N3O2/c1-13(2)10(14)12-6-5-11-8-9-4-3-7-15-9/h3-4,7,11H,5-6,8H2,1-2H3,(H,12,14). The minimum atomic E-state index is -0.0743. The second-order valence-electron chi connectivity index (χ2n) is 3.38. The Morgan fingerprint density at radius 3 is 2.87 bits per heavy atom. The van der Waals surface area contributed by atoms with Crippen LogP contribution in [-0.4, -0.2) is 38.1 Å². The van der Waals surface area contributed by atoms with Gasteiger partial charge in [0, 0.05) is 27.2 Å². The summed E-state index contributed by atoms with van der Waals surface area (Å²) in [5.41, 5.74) is 0. The van der Waals surface area contributed by atoms with Gasteiger partial charge >= 0.3 is 6.03 Å². The fourth-order valence-electron chi connectivity index (χ4n) is 1.04. The van der Waals surface area contributed by atoms with Crippen LogP contribution in [0.25, 0.3) is 0 Å². The summed E-state index contributed by atoms with van der Waals surface area (Å²) >= 11 is 0. The van der Waals surface area contributed by atoms with Crippen molar-refractivity contribution in [2.45, 2.75) is 6.54 Å². The SMILES string of the molecule is CN(C)C(=O)NCCNCc1ccco1. The molecule has 0 unspecified atom stereocenters. The first-order valence-corrected chi connectivity index (χ1v) is 4.88. The lowest BCUT2D eigenvalue weighted by atomic mass is 10.4. The Labute approximate surface area is 89.4 Å². The maximum Gasteiger partial charge on any atom is 0.316 e. The number of hydrogen-bond donors (Lipinski definition) is 2. The number of nitrogens with one attached hydrogen (secondary N) is 2. The van der Waals surface area contributed by atoms with Crippen molar-refractivity contribution < 1.29 is 9.21 Å². The molecule has 1 rings (SSSR count). The van der Waals surface area contributed by atoms with Crippen LogP contribution in [0.4, 0.5) is 4.79 Å². The summed E-state index contributed by atoms with van der Waals surface area (Å²) in [6, 6.07) is 3.69. The van der Waals surface area contributed by atoms with Gasteiger partial charge in [-0.05, 0) is 12.1 Å². The average Bonchev–Trinajstić information content (AvgIpc) is 2.69. The zero-order valence-electron chi connectivity index (χ0n) is 9.12. The second kappa shape index (κ2) is 6.08. The molecule has 0 aromatic carbocycles. The van der Waals surface area contributed by atoms with E-state index in [1.54, 1.807) is 20.4 Å². The predicted molar refractivity (Wildman–Crippen MR) is 57.5 cm³/mol. The van der Waals surface area contributed by atoms with Gasteiger partial charge < -0.3 is 20.0 Å². The van der Waals surface area contributed by atoms with Crippen LogP contribution in [0, 0.1) is 0 Å². The van der Waals surface area contributed by atoms with Crippen LogP contribution in [0.1, 0.15) is 5.76 Å². The van der Waals surface area contributed by atoms with E-state index in [-0.39, 0.29) is 6.03 Å². The molecule has 2 amide bonds. The fraction of sp³-hybridized carbons (Fsp3) is 0.500. The van der Waals surface area contributed by atoms with Crippen LogP contribution < -0.4 is 10.6 Å². The molecule has 0 aliphatic heterocycles. The van der Waals surface area contributed by atoms with E-state index in [9.17, 15) is 4.79 Å². The van der Waals surface area contributed by atoms with Gasteiger partial charge in [-0.2, -0.15) is 0 Å². The third kappa shape index (κ3) is 4.51. The van der Waals surface area contributed by atoms with Crippen molar-refractivity contribution >= 4 is 6.03 Å². The quantitative estimate of drug-likeness (QED) is 0.703. The van der Waals surface area contributed by atoms with Crippen LogP contribution in [-0.2, 0) is 6.54 Å². The molecule has 1 aromatic rings. The predicted octanol–water partition coefficient (Wildman–Crippen LogP) is 0.640. The average molecular weight is 211 g/mol. The first-order chi connectivity index (χ1) is 7.20. The van der Waals surface area contributed by atoms with Crippen molar-refractivity contribution in [3.63, 3.8) is 0 Å². The molecule has 0 saturated heterocycles. The normalized spacial score (nSPS) is 10.0. The Hall–Kier alpha value is -1.49. The van der Waals surface area contributed by atoms with E-state index >= 15 is 0 Å². The number of rotatable bonds is 5. The largest absolute Gasteiger partial charge is 0.468 e. The summed E-state index contributed by atoms with van der Waals surface area (Å²) in [5.74, 6) is 0.897. The van der Waals surface area contributed by atoms with E-state index in [1.165, 1.54) is 4.90 Å². The summed E-state index contributed by atoms with van der Waals surface area (Å²) in [6.07, 6.45) is 1.64. The third-order valence-electron chi connectivity index (χ3n) is 1.86. The number of carbonyl (C=O) groups is 1. The van der Waals surface area contributed by atoms with Crippen LogP contribution >= 0.6 is 0 Å². The lowest BCUT2D eigenvalue weighted by Crippen LogP contribution is -2.38. The molecule has 0 saturated carbocycles. The molecule has 1 aromatic heterocycles. The van der Waals surface area contributed by atoms with Gasteiger partial charge in [-0.3, -0.25) is 0 Å². The molecule has 0 aliphatic rings. The zero-order chi connectivity index (χ0) is 11.1. The van der Waals surface area contributed by atoms with E-state index in [2.05, 4.69) is 10.6 Å². The van der Waals surface area contributed by atoms with Gasteiger partial charge in [0.05, 0.1) is 12.8 Å². The first-order valence-electron chi connectivity index (χ1n) is 4.88. The van der Waals surface area contributed by atoms with Gasteiger partial charge in [0.1, 0.15) is 5.76 Å². The highest BCUT2D eigenvalue weighted by Crippen LogP contribution is 1.97. The van der Waals surface area contributed by atoms with E-state index < -0.39 is 0 Å². The van der Waals surface area contributed by atoms with Crippen LogP contribution in [0.2, 0.25) is 0 Å². The molecule has 0 radical (unpaired) electrons. The molecule has 84 valence electrons. The van der Waals surface area contributed by atoms with Crippen LogP contribution in [0.3, 0.4) is 0 Å². The van der Waals surface area contributed by atoms with Gasteiger partial charge in [-0.25, -0.2) is 4.79 Å². The number of amides is 2. The minimum absolute atomic E-state index is 0.0743. The van der Waals surface area contributed by atoms with E-state index in [0.717, 1.165) is 12.3 Å². The number of carbonyl (C=O) groups excluding carboxylic acids is 1. The molecule has 2 N–H and O–H groups in total. The smallest absolute Gasteiger partial charge is 0.316 e. The molecule has 0 aliphatic carbocycles. The highest BCUT2D eigenvalue weighted by atomic mass is 16.3. The molecule has 5 nitrogen and oxygen atoms in total. The molecule has 5 heteroatoms. The Morgan fingerprint density at radius 2 is 2.27 bits per heavy atom. The van der Waals surface area contributed by atoms with E-state index in [1.807, 2.05) is 12.1 Å². The highest BCUT2D eigenvalue weighted by Gasteiger charge is 2.00. The van der Waals surface area contributed by atoms with Gasteiger partial charge in [-0.1, -0.05) is 0 Å². The monoisotopic (exact) mass is 211 g/mol. The minimum Gasteiger partial charge on any atom is -0.468 e. The van der Waals surface area contributed by atoms with E-state index in [4.69, 9.17) is 4.42 Å². The number of hydrogen-bond acceptors (Lipinski definition) is 3. The number of furan rings is 1. The topological polar surface area (TPSA) is 57.5 Å². The Morgan fingerprint density at radius 1 is 1.47 bits per heavy atom. The van der Waals surface area contributed by atoms with Gasteiger partial charge in [-0.15, -0.1) is 0 Å². The van der Waals surface area contributed by atoms with Crippen LogP contribution in [0.15, 0.2) is 22.8 Å². The number of urea groups is 1.